The van der Waals surface area contributed by atoms with Gasteiger partial charge in [-0.15, -0.1) is 0 Å². The quantitative estimate of drug-likeness (QED) is 0.378. The van der Waals surface area contributed by atoms with Crippen LogP contribution in [0.15, 0.2) is 36.5 Å². The van der Waals surface area contributed by atoms with E-state index in [0.717, 1.165) is 17.7 Å². The lowest BCUT2D eigenvalue weighted by molar-refractivity contribution is -0.140. The maximum atomic E-state index is 14.6. The van der Waals surface area contributed by atoms with Gasteiger partial charge in [-0.2, -0.15) is 23.3 Å². The Morgan fingerprint density at radius 2 is 1.94 bits per heavy atom. The van der Waals surface area contributed by atoms with Crippen LogP contribution in [0.25, 0.3) is 22.3 Å². The van der Waals surface area contributed by atoms with Crippen LogP contribution in [0.1, 0.15) is 11.1 Å². The van der Waals surface area contributed by atoms with Gasteiger partial charge in [0, 0.05) is 31.0 Å². The summed E-state index contributed by atoms with van der Waals surface area (Å²) in [6.45, 7) is 0.620. The molecule has 3 heterocycles. The Kier molecular flexibility index (Phi) is 5.03. The van der Waals surface area contributed by atoms with Crippen LogP contribution in [0.3, 0.4) is 0 Å². The van der Waals surface area contributed by atoms with Gasteiger partial charge < -0.3 is 15.7 Å². The van der Waals surface area contributed by atoms with Crippen LogP contribution in [0.5, 0.6) is 5.75 Å². The van der Waals surface area contributed by atoms with Crippen molar-refractivity contribution in [2.75, 3.05) is 17.2 Å². The smallest absolute Gasteiger partial charge is 0.419 e. The minimum atomic E-state index is -5.14. The van der Waals surface area contributed by atoms with Crippen LogP contribution in [0.2, 0.25) is 0 Å². The number of alkyl halides is 3. The molecule has 0 spiro atoms. The number of aromatic hydroxyl groups is 1. The third-order valence-corrected chi connectivity index (χ3v) is 5.67. The molecule has 1 aliphatic heterocycles. The van der Waals surface area contributed by atoms with Crippen LogP contribution in [-0.4, -0.2) is 37.4 Å². The standard InChI is InChI=1S/C22H17F5N6O/c1-33-20-13(18(32-33)12-7-14(22(25,26)27)17(24)19(34)16(12)23)9-29-21(31-20)30-11-6-10-4-2-3-5-15(10)28-8-11/h2-5,7,9,11,28,34H,6,8H2,1H3,(H,29,30,31). The molecule has 2 aromatic carbocycles. The lowest BCUT2D eigenvalue weighted by Crippen LogP contribution is -2.35. The van der Waals surface area contributed by atoms with Crippen LogP contribution in [0.4, 0.5) is 33.6 Å². The number of halogens is 5. The SMILES string of the molecule is Cn1nc(-c2cc(C(F)(F)F)c(F)c(O)c2F)c2cnc(NC3CNc4ccccc4C3)nc21. The highest BCUT2D eigenvalue weighted by Crippen LogP contribution is 2.41. The summed E-state index contributed by atoms with van der Waals surface area (Å²) in [6, 6.07) is 8.14. The average molecular weight is 476 g/mol. The fourth-order valence-electron chi connectivity index (χ4n) is 4.03. The second-order valence-corrected chi connectivity index (χ2v) is 7.93. The second-order valence-electron chi connectivity index (χ2n) is 7.93. The molecule has 1 atom stereocenters. The van der Waals surface area contributed by atoms with E-state index in [-0.39, 0.29) is 34.8 Å². The molecule has 3 N–H and O–H groups in total. The third-order valence-electron chi connectivity index (χ3n) is 5.67. The number of aryl methyl sites for hydroxylation is 1. The molecule has 1 unspecified atom stereocenters. The molecular formula is C22H17F5N6O. The van der Waals surface area contributed by atoms with Crippen molar-refractivity contribution in [2.24, 2.45) is 7.05 Å². The van der Waals surface area contributed by atoms with Crippen molar-refractivity contribution in [3.05, 3.63) is 59.3 Å². The molecule has 12 heteroatoms. The van der Waals surface area contributed by atoms with Crippen molar-refractivity contribution in [2.45, 2.75) is 18.6 Å². The van der Waals surface area contributed by atoms with Crippen molar-refractivity contribution in [1.29, 1.82) is 0 Å². The summed E-state index contributed by atoms with van der Waals surface area (Å²) in [4.78, 5) is 8.59. The number of hydrogen-bond acceptors (Lipinski definition) is 6. The van der Waals surface area contributed by atoms with Crippen LogP contribution in [-0.2, 0) is 19.6 Å². The van der Waals surface area contributed by atoms with Gasteiger partial charge in [0.25, 0.3) is 0 Å². The highest BCUT2D eigenvalue weighted by Gasteiger charge is 2.38. The first kappa shape index (κ1) is 21.9. The molecular weight excluding hydrogens is 459 g/mol. The molecule has 0 amide bonds. The van der Waals surface area contributed by atoms with Gasteiger partial charge in [-0.25, -0.2) is 18.4 Å². The number of nitrogens with zero attached hydrogens (tertiary/aromatic N) is 4. The Labute approximate surface area is 189 Å². The summed E-state index contributed by atoms with van der Waals surface area (Å²) in [7, 11) is 1.48. The zero-order valence-corrected chi connectivity index (χ0v) is 17.6. The predicted molar refractivity (Wildman–Crippen MR) is 114 cm³/mol. The van der Waals surface area contributed by atoms with E-state index >= 15 is 0 Å². The fraction of sp³-hybridized carbons (Fsp3) is 0.227. The third kappa shape index (κ3) is 3.64. The summed E-state index contributed by atoms with van der Waals surface area (Å²) in [6.07, 6.45) is -3.12. The van der Waals surface area contributed by atoms with Gasteiger partial charge >= 0.3 is 6.18 Å². The molecule has 0 bridgehead atoms. The van der Waals surface area contributed by atoms with E-state index in [4.69, 9.17) is 0 Å². The number of para-hydroxylation sites is 1. The maximum absolute atomic E-state index is 14.6. The first-order chi connectivity index (χ1) is 16.1. The Morgan fingerprint density at radius 3 is 2.71 bits per heavy atom. The minimum Gasteiger partial charge on any atom is -0.503 e. The van der Waals surface area contributed by atoms with Gasteiger partial charge in [0.05, 0.1) is 17.0 Å². The predicted octanol–water partition coefficient (Wildman–Crippen LogP) is 4.48. The van der Waals surface area contributed by atoms with Crippen molar-refractivity contribution < 1.29 is 27.1 Å². The summed E-state index contributed by atoms with van der Waals surface area (Å²) < 4.78 is 69.3. The molecule has 1 aliphatic rings. The molecule has 0 saturated heterocycles. The van der Waals surface area contributed by atoms with Gasteiger partial charge in [-0.3, -0.25) is 0 Å². The Balaban J connectivity index is 1.51. The van der Waals surface area contributed by atoms with E-state index in [1.165, 1.54) is 17.9 Å². The average Bonchev–Trinajstić information content (AvgIpc) is 3.12. The molecule has 4 aromatic rings. The number of aromatic nitrogens is 4. The molecule has 0 aliphatic carbocycles. The lowest BCUT2D eigenvalue weighted by atomic mass is 10.00. The first-order valence-electron chi connectivity index (χ1n) is 10.2. The van der Waals surface area contributed by atoms with E-state index in [1.807, 2.05) is 24.3 Å². The van der Waals surface area contributed by atoms with Crippen molar-refractivity contribution in [1.82, 2.24) is 19.7 Å². The summed E-state index contributed by atoms with van der Waals surface area (Å²) in [5.74, 6) is -5.11. The van der Waals surface area contributed by atoms with Gasteiger partial charge in [-0.1, -0.05) is 18.2 Å². The van der Waals surface area contributed by atoms with Crippen LogP contribution < -0.4 is 10.6 Å². The molecule has 7 nitrogen and oxygen atoms in total. The topological polar surface area (TPSA) is 87.9 Å². The number of phenols is 1. The van der Waals surface area contributed by atoms with Crippen LogP contribution in [0, 0.1) is 11.6 Å². The Bertz CT molecular complexity index is 1420. The van der Waals surface area contributed by atoms with E-state index in [2.05, 4.69) is 25.7 Å². The number of benzene rings is 2. The normalized spacial score (nSPS) is 15.8. The van der Waals surface area contributed by atoms with Crippen LogP contribution >= 0.6 is 0 Å². The number of nitrogens with one attached hydrogen (secondary N) is 2. The Morgan fingerprint density at radius 1 is 1.18 bits per heavy atom. The molecule has 0 radical (unpaired) electrons. The summed E-state index contributed by atoms with van der Waals surface area (Å²) >= 11 is 0. The number of fused-ring (bicyclic) bond motifs is 2. The molecule has 0 fully saturated rings. The fourth-order valence-corrected chi connectivity index (χ4v) is 4.03. The first-order valence-corrected chi connectivity index (χ1v) is 10.2. The lowest BCUT2D eigenvalue weighted by Gasteiger charge is -2.26. The highest BCUT2D eigenvalue weighted by molar-refractivity contribution is 5.91. The van der Waals surface area contributed by atoms with Crippen molar-refractivity contribution in [3.63, 3.8) is 0 Å². The molecule has 34 heavy (non-hydrogen) atoms. The largest absolute Gasteiger partial charge is 0.503 e. The molecule has 2 aromatic heterocycles. The second kappa shape index (κ2) is 7.82. The van der Waals surface area contributed by atoms with Gasteiger partial charge in [0.15, 0.2) is 23.0 Å². The Hall–Kier alpha value is -3.96. The van der Waals surface area contributed by atoms with E-state index < -0.39 is 34.7 Å². The minimum absolute atomic E-state index is 0.0270. The van der Waals surface area contributed by atoms with Gasteiger partial charge in [0.2, 0.25) is 5.95 Å². The zero-order chi connectivity index (χ0) is 24.2. The van der Waals surface area contributed by atoms with Crippen molar-refractivity contribution in [3.8, 4) is 17.0 Å². The highest BCUT2D eigenvalue weighted by atomic mass is 19.4. The monoisotopic (exact) mass is 476 g/mol. The number of rotatable bonds is 3. The number of hydrogen-bond donors (Lipinski definition) is 3. The van der Waals surface area contributed by atoms with Gasteiger partial charge in [0.1, 0.15) is 5.69 Å². The summed E-state index contributed by atoms with van der Waals surface area (Å²) in [5, 5.41) is 20.4. The van der Waals surface area contributed by atoms with Crippen molar-refractivity contribution >= 4 is 22.7 Å². The number of phenolic OH excluding ortho intramolecular Hbond substituents is 1. The molecule has 5 rings (SSSR count). The van der Waals surface area contributed by atoms with E-state index in [9.17, 15) is 27.1 Å². The van der Waals surface area contributed by atoms with E-state index in [1.54, 1.807) is 0 Å². The summed E-state index contributed by atoms with van der Waals surface area (Å²) in [5.41, 5.74) is -0.374. The van der Waals surface area contributed by atoms with Gasteiger partial charge in [-0.05, 0) is 24.1 Å². The zero-order valence-electron chi connectivity index (χ0n) is 17.6. The molecule has 0 saturated carbocycles. The van der Waals surface area contributed by atoms with E-state index in [0.29, 0.717) is 6.54 Å². The molecule has 176 valence electrons. The maximum Gasteiger partial charge on any atom is 0.419 e. The number of anilines is 2.